The van der Waals surface area contributed by atoms with Gasteiger partial charge in [0, 0.05) is 17.2 Å². The third-order valence-corrected chi connectivity index (χ3v) is 5.80. The van der Waals surface area contributed by atoms with Crippen LogP contribution in [0.4, 0.5) is 17.6 Å². The predicted octanol–water partition coefficient (Wildman–Crippen LogP) is 3.99. The first-order valence-electron chi connectivity index (χ1n) is 11.1. The molecule has 0 bridgehead atoms. The van der Waals surface area contributed by atoms with E-state index in [4.69, 9.17) is 10.5 Å². The maximum absolute atomic E-state index is 14.6. The fraction of sp³-hybridized carbons (Fsp3) is 0.192. The largest absolute Gasteiger partial charge is 0.497 e. The molecule has 0 fully saturated rings. The average Bonchev–Trinajstić information content (AvgIpc) is 2.88. The molecule has 7 nitrogen and oxygen atoms in total. The summed E-state index contributed by atoms with van der Waals surface area (Å²) in [6.45, 7) is -1.15. The Bertz CT molecular complexity index is 1530. The number of aromatic nitrogens is 3. The molecule has 0 saturated heterocycles. The Hall–Kier alpha value is -4.25. The van der Waals surface area contributed by atoms with Gasteiger partial charge >= 0.3 is 11.9 Å². The number of alkyl halides is 3. The van der Waals surface area contributed by atoms with Crippen LogP contribution in [0.5, 0.6) is 5.75 Å². The second kappa shape index (κ2) is 10.4. The van der Waals surface area contributed by atoms with Crippen LogP contribution in [0.15, 0.2) is 82.4 Å². The van der Waals surface area contributed by atoms with Crippen LogP contribution < -0.4 is 21.7 Å². The van der Waals surface area contributed by atoms with Gasteiger partial charge in [0.1, 0.15) is 11.6 Å². The van der Waals surface area contributed by atoms with Crippen molar-refractivity contribution in [1.82, 2.24) is 14.3 Å². The normalized spacial score (nSPS) is 12.4. The SMILES string of the molecule is COc1cccc(-c2nn(Cc3c(F)cccc3C(F)(F)F)c(=O)n(CC(N)c3ccccc3)c2=O)c1. The maximum Gasteiger partial charge on any atom is 0.416 e. The zero-order valence-corrected chi connectivity index (χ0v) is 19.6. The van der Waals surface area contributed by atoms with Crippen molar-refractivity contribution in [2.24, 2.45) is 5.73 Å². The van der Waals surface area contributed by atoms with Crippen LogP contribution in [0, 0.1) is 5.82 Å². The number of benzene rings is 3. The number of rotatable bonds is 7. The number of nitrogens with zero attached hydrogens (tertiary/aromatic N) is 3. The highest BCUT2D eigenvalue weighted by Gasteiger charge is 2.35. The van der Waals surface area contributed by atoms with Gasteiger partial charge in [-0.1, -0.05) is 48.5 Å². The zero-order chi connectivity index (χ0) is 26.7. The van der Waals surface area contributed by atoms with E-state index in [0.717, 1.165) is 16.7 Å². The minimum absolute atomic E-state index is 0.233. The first kappa shape index (κ1) is 25.8. The van der Waals surface area contributed by atoms with E-state index in [-0.39, 0.29) is 17.8 Å². The molecule has 0 radical (unpaired) electrons. The molecule has 0 amide bonds. The van der Waals surface area contributed by atoms with E-state index in [1.807, 2.05) is 0 Å². The Morgan fingerprint density at radius 3 is 2.38 bits per heavy atom. The van der Waals surface area contributed by atoms with Crippen molar-refractivity contribution in [3.8, 4) is 17.0 Å². The molecule has 37 heavy (non-hydrogen) atoms. The van der Waals surface area contributed by atoms with E-state index in [0.29, 0.717) is 22.1 Å². The lowest BCUT2D eigenvalue weighted by Gasteiger charge is -2.18. The lowest BCUT2D eigenvalue weighted by molar-refractivity contribution is -0.138. The van der Waals surface area contributed by atoms with Crippen molar-refractivity contribution in [2.45, 2.75) is 25.3 Å². The fourth-order valence-electron chi connectivity index (χ4n) is 3.91. The summed E-state index contributed by atoms with van der Waals surface area (Å²) < 4.78 is 62.0. The Labute approximate surface area is 208 Å². The summed E-state index contributed by atoms with van der Waals surface area (Å²) in [7, 11) is 1.42. The van der Waals surface area contributed by atoms with Gasteiger partial charge in [-0.05, 0) is 29.8 Å². The Morgan fingerprint density at radius 2 is 1.70 bits per heavy atom. The van der Waals surface area contributed by atoms with Gasteiger partial charge in [0.15, 0.2) is 5.69 Å². The summed E-state index contributed by atoms with van der Waals surface area (Å²) in [5, 5.41) is 4.06. The van der Waals surface area contributed by atoms with Gasteiger partial charge in [-0.3, -0.25) is 9.36 Å². The van der Waals surface area contributed by atoms with Crippen LogP contribution in [0.1, 0.15) is 22.7 Å². The van der Waals surface area contributed by atoms with Crippen LogP contribution in [0.25, 0.3) is 11.3 Å². The molecule has 0 spiro atoms. The molecule has 1 heterocycles. The van der Waals surface area contributed by atoms with E-state index < -0.39 is 47.0 Å². The molecule has 0 saturated carbocycles. The zero-order valence-electron chi connectivity index (χ0n) is 19.6. The summed E-state index contributed by atoms with van der Waals surface area (Å²) in [6.07, 6.45) is -4.87. The molecule has 1 atom stereocenters. The average molecular weight is 514 g/mol. The van der Waals surface area contributed by atoms with Gasteiger partial charge in [-0.15, -0.1) is 0 Å². The third kappa shape index (κ3) is 5.46. The van der Waals surface area contributed by atoms with E-state index in [1.54, 1.807) is 42.5 Å². The highest BCUT2D eigenvalue weighted by Crippen LogP contribution is 2.33. The van der Waals surface area contributed by atoms with Crippen LogP contribution in [0.2, 0.25) is 0 Å². The monoisotopic (exact) mass is 514 g/mol. The minimum Gasteiger partial charge on any atom is -0.497 e. The summed E-state index contributed by atoms with van der Waals surface area (Å²) >= 11 is 0. The lowest BCUT2D eigenvalue weighted by atomic mass is 10.1. The molecule has 192 valence electrons. The van der Waals surface area contributed by atoms with E-state index >= 15 is 0 Å². The summed E-state index contributed by atoms with van der Waals surface area (Å²) in [5.74, 6) is -0.775. The molecule has 0 aliphatic rings. The van der Waals surface area contributed by atoms with Gasteiger partial charge < -0.3 is 10.5 Å². The number of hydrogen-bond acceptors (Lipinski definition) is 5. The second-order valence-corrected chi connectivity index (χ2v) is 8.22. The Balaban J connectivity index is 1.91. The van der Waals surface area contributed by atoms with Gasteiger partial charge in [0.05, 0.1) is 25.8 Å². The second-order valence-electron chi connectivity index (χ2n) is 8.22. The highest BCUT2D eigenvalue weighted by molar-refractivity contribution is 5.59. The Kier molecular flexibility index (Phi) is 7.25. The first-order chi connectivity index (χ1) is 17.6. The number of ether oxygens (including phenoxy) is 1. The molecule has 1 aromatic heterocycles. The molecule has 2 N–H and O–H groups in total. The van der Waals surface area contributed by atoms with Gasteiger partial charge in [-0.2, -0.15) is 18.3 Å². The summed E-state index contributed by atoms with van der Waals surface area (Å²) in [5.41, 5.74) is 3.05. The number of methoxy groups -OCH3 is 1. The third-order valence-electron chi connectivity index (χ3n) is 5.80. The number of halogens is 4. The molecular weight excluding hydrogens is 492 g/mol. The first-order valence-corrected chi connectivity index (χ1v) is 11.1. The standard InChI is InChI=1S/C26H22F4N4O3/c1-37-18-10-5-9-17(13-18)23-24(35)33(15-22(31)16-7-3-2-4-8-16)25(36)34(32-23)14-19-20(26(28,29)30)11-6-12-21(19)27/h2-13,22H,14-15,31H2,1H3. The number of hydrogen-bond donors (Lipinski definition) is 1. The van der Waals surface area contributed by atoms with Crippen LogP contribution in [-0.4, -0.2) is 21.5 Å². The molecule has 4 aromatic rings. The predicted molar refractivity (Wildman–Crippen MR) is 129 cm³/mol. The minimum atomic E-state index is -4.87. The van der Waals surface area contributed by atoms with Gasteiger partial charge in [-0.25, -0.2) is 13.9 Å². The molecule has 1 unspecified atom stereocenters. The van der Waals surface area contributed by atoms with Crippen molar-refractivity contribution in [3.63, 3.8) is 0 Å². The quantitative estimate of drug-likeness (QED) is 0.377. The Morgan fingerprint density at radius 1 is 1.00 bits per heavy atom. The van der Waals surface area contributed by atoms with Crippen LogP contribution in [0.3, 0.4) is 0 Å². The molecule has 4 rings (SSSR count). The van der Waals surface area contributed by atoms with E-state index in [9.17, 15) is 27.2 Å². The summed E-state index contributed by atoms with van der Waals surface area (Å²) in [4.78, 5) is 26.7. The molecular formula is C26H22F4N4O3. The van der Waals surface area contributed by atoms with Crippen molar-refractivity contribution in [2.75, 3.05) is 7.11 Å². The van der Waals surface area contributed by atoms with Crippen LogP contribution >= 0.6 is 0 Å². The van der Waals surface area contributed by atoms with Gasteiger partial charge in [0.25, 0.3) is 5.56 Å². The number of nitrogens with two attached hydrogens (primary N) is 1. The molecule has 0 aliphatic carbocycles. The summed E-state index contributed by atoms with van der Waals surface area (Å²) in [6, 6.07) is 16.6. The van der Waals surface area contributed by atoms with Crippen molar-refractivity contribution < 1.29 is 22.3 Å². The topological polar surface area (TPSA) is 92.1 Å². The maximum atomic E-state index is 14.6. The van der Waals surface area contributed by atoms with Crippen molar-refractivity contribution in [3.05, 3.63) is 116 Å². The van der Waals surface area contributed by atoms with Crippen molar-refractivity contribution >= 4 is 0 Å². The van der Waals surface area contributed by atoms with E-state index in [2.05, 4.69) is 5.10 Å². The lowest BCUT2D eigenvalue weighted by Crippen LogP contribution is -2.44. The smallest absolute Gasteiger partial charge is 0.416 e. The molecule has 3 aromatic carbocycles. The fourth-order valence-corrected chi connectivity index (χ4v) is 3.91. The highest BCUT2D eigenvalue weighted by atomic mass is 19.4. The van der Waals surface area contributed by atoms with Crippen molar-refractivity contribution in [1.29, 1.82) is 0 Å². The van der Waals surface area contributed by atoms with Gasteiger partial charge in [0.2, 0.25) is 0 Å². The molecule has 11 heteroatoms. The van der Waals surface area contributed by atoms with Crippen LogP contribution in [-0.2, 0) is 19.3 Å². The molecule has 0 aliphatic heterocycles. The van der Waals surface area contributed by atoms with E-state index in [1.165, 1.54) is 19.2 Å².